The molecule has 30 heavy (non-hydrogen) atoms. The lowest BCUT2D eigenvalue weighted by Crippen LogP contribution is -2.78. The second-order valence-electron chi connectivity index (χ2n) is 10.5. The van der Waals surface area contributed by atoms with Gasteiger partial charge < -0.3 is 10.6 Å². The summed E-state index contributed by atoms with van der Waals surface area (Å²) in [5, 5.41) is 6.46. The SMILES string of the molecule is CC(C)CCNC(=O)[C@]12NC(=O)[C@@H]3C[C@H]1CN(CC(C)C)[C@H]2[C@@H]3Cc1ccccc1. The fraction of sp³-hybridized carbons (Fsp3) is 0.680. The van der Waals surface area contributed by atoms with Gasteiger partial charge >= 0.3 is 0 Å². The molecule has 1 aliphatic carbocycles. The summed E-state index contributed by atoms with van der Waals surface area (Å²) in [5.41, 5.74) is 0.475. The highest BCUT2D eigenvalue weighted by Gasteiger charge is 2.70. The Bertz CT molecular complexity index is 778. The number of benzene rings is 1. The summed E-state index contributed by atoms with van der Waals surface area (Å²) in [4.78, 5) is 29.2. The van der Waals surface area contributed by atoms with Crippen LogP contribution in [-0.2, 0) is 16.0 Å². The minimum atomic E-state index is -0.781. The van der Waals surface area contributed by atoms with Gasteiger partial charge in [0, 0.05) is 37.5 Å². The third-order valence-electron chi connectivity index (χ3n) is 7.38. The summed E-state index contributed by atoms with van der Waals surface area (Å²) in [6, 6.07) is 10.5. The van der Waals surface area contributed by atoms with E-state index in [9.17, 15) is 9.59 Å². The van der Waals surface area contributed by atoms with Gasteiger partial charge in [-0.3, -0.25) is 14.5 Å². The predicted molar refractivity (Wildman–Crippen MR) is 119 cm³/mol. The van der Waals surface area contributed by atoms with Gasteiger partial charge in [0.05, 0.1) is 0 Å². The summed E-state index contributed by atoms with van der Waals surface area (Å²) in [6.07, 6.45) is 2.63. The molecule has 3 saturated heterocycles. The molecule has 3 heterocycles. The van der Waals surface area contributed by atoms with Gasteiger partial charge in [-0.1, -0.05) is 58.0 Å². The summed E-state index contributed by atoms with van der Waals surface area (Å²) < 4.78 is 0. The first-order valence-corrected chi connectivity index (χ1v) is 11.7. The van der Waals surface area contributed by atoms with Gasteiger partial charge in [-0.2, -0.15) is 0 Å². The molecule has 1 aromatic rings. The number of likely N-dealkylation sites (tertiary alicyclic amines) is 1. The van der Waals surface area contributed by atoms with Crippen LogP contribution in [0, 0.1) is 29.6 Å². The van der Waals surface area contributed by atoms with Crippen molar-refractivity contribution in [3.63, 3.8) is 0 Å². The lowest BCUT2D eigenvalue weighted by molar-refractivity contribution is -0.154. The van der Waals surface area contributed by atoms with Crippen LogP contribution in [0.3, 0.4) is 0 Å². The van der Waals surface area contributed by atoms with Gasteiger partial charge in [0.25, 0.3) is 0 Å². The van der Waals surface area contributed by atoms with Gasteiger partial charge in [-0.25, -0.2) is 0 Å². The van der Waals surface area contributed by atoms with Crippen LogP contribution in [0.4, 0.5) is 0 Å². The van der Waals surface area contributed by atoms with E-state index in [2.05, 4.69) is 67.5 Å². The molecule has 4 bridgehead atoms. The van der Waals surface area contributed by atoms with E-state index in [1.807, 2.05) is 6.07 Å². The smallest absolute Gasteiger partial charge is 0.247 e. The first-order valence-electron chi connectivity index (χ1n) is 11.7. The van der Waals surface area contributed by atoms with Crippen molar-refractivity contribution in [3.8, 4) is 0 Å². The van der Waals surface area contributed by atoms with Crippen LogP contribution >= 0.6 is 0 Å². The van der Waals surface area contributed by atoms with Crippen molar-refractivity contribution < 1.29 is 9.59 Å². The molecular formula is C25H37N3O2. The Hall–Kier alpha value is -1.88. The van der Waals surface area contributed by atoms with Crippen LogP contribution in [-0.4, -0.2) is 47.9 Å². The number of piperidine rings is 2. The normalized spacial score (nSPS) is 32.7. The Labute approximate surface area is 181 Å². The Morgan fingerprint density at radius 2 is 1.93 bits per heavy atom. The van der Waals surface area contributed by atoms with Crippen LogP contribution in [0.15, 0.2) is 30.3 Å². The van der Waals surface area contributed by atoms with Gasteiger partial charge in [0.1, 0.15) is 5.54 Å². The zero-order valence-electron chi connectivity index (χ0n) is 18.9. The van der Waals surface area contributed by atoms with E-state index in [0.29, 0.717) is 18.4 Å². The maximum absolute atomic E-state index is 13.6. The van der Waals surface area contributed by atoms with Crippen molar-refractivity contribution >= 4 is 11.8 Å². The molecule has 4 fully saturated rings. The minimum Gasteiger partial charge on any atom is -0.354 e. The lowest BCUT2D eigenvalue weighted by Gasteiger charge is -2.55. The molecule has 5 heteroatoms. The van der Waals surface area contributed by atoms with Crippen LogP contribution < -0.4 is 10.6 Å². The second kappa shape index (κ2) is 8.33. The molecule has 0 aromatic heterocycles. The van der Waals surface area contributed by atoms with E-state index in [1.54, 1.807) is 0 Å². The average Bonchev–Trinajstić information content (AvgIpc) is 2.90. The van der Waals surface area contributed by atoms with E-state index in [4.69, 9.17) is 0 Å². The molecule has 2 amide bonds. The van der Waals surface area contributed by atoms with Crippen molar-refractivity contribution in [3.05, 3.63) is 35.9 Å². The number of nitrogens with zero attached hydrogens (tertiary/aromatic N) is 1. The van der Waals surface area contributed by atoms with Crippen molar-refractivity contribution in [1.82, 2.24) is 15.5 Å². The van der Waals surface area contributed by atoms with Gasteiger partial charge in [0.2, 0.25) is 11.8 Å². The molecule has 2 N–H and O–H groups in total. The topological polar surface area (TPSA) is 61.4 Å². The fourth-order valence-electron chi connectivity index (χ4n) is 6.21. The average molecular weight is 412 g/mol. The number of rotatable bonds is 8. The number of hydrogen-bond acceptors (Lipinski definition) is 3. The van der Waals surface area contributed by atoms with E-state index < -0.39 is 5.54 Å². The molecule has 164 valence electrons. The summed E-state index contributed by atoms with van der Waals surface area (Å²) in [7, 11) is 0. The summed E-state index contributed by atoms with van der Waals surface area (Å²) in [6.45, 7) is 11.4. The van der Waals surface area contributed by atoms with Gasteiger partial charge in [-0.05, 0) is 42.6 Å². The third-order valence-corrected chi connectivity index (χ3v) is 7.38. The monoisotopic (exact) mass is 411 g/mol. The summed E-state index contributed by atoms with van der Waals surface area (Å²) >= 11 is 0. The van der Waals surface area contributed by atoms with Crippen LogP contribution in [0.2, 0.25) is 0 Å². The molecule has 5 nitrogen and oxygen atoms in total. The van der Waals surface area contributed by atoms with Gasteiger partial charge in [-0.15, -0.1) is 0 Å². The Morgan fingerprint density at radius 1 is 1.20 bits per heavy atom. The zero-order valence-corrected chi connectivity index (χ0v) is 18.9. The van der Waals surface area contributed by atoms with Crippen LogP contribution in [0.25, 0.3) is 0 Å². The van der Waals surface area contributed by atoms with E-state index in [-0.39, 0.29) is 35.6 Å². The molecule has 4 aliphatic rings. The van der Waals surface area contributed by atoms with Crippen LogP contribution in [0.1, 0.15) is 46.1 Å². The van der Waals surface area contributed by atoms with Crippen LogP contribution in [0.5, 0.6) is 0 Å². The van der Waals surface area contributed by atoms with Crippen molar-refractivity contribution in [1.29, 1.82) is 0 Å². The number of nitrogens with one attached hydrogen (secondary N) is 2. The lowest BCUT2D eigenvalue weighted by atomic mass is 9.58. The number of carbonyl (C=O) groups excluding carboxylic acids is 2. The third kappa shape index (κ3) is 3.66. The van der Waals surface area contributed by atoms with Gasteiger partial charge in [0.15, 0.2) is 0 Å². The number of fused-ring (bicyclic) bond motifs is 1. The highest BCUT2D eigenvalue weighted by Crippen LogP contribution is 2.53. The van der Waals surface area contributed by atoms with E-state index >= 15 is 0 Å². The molecule has 1 aromatic carbocycles. The molecule has 0 spiro atoms. The quantitative estimate of drug-likeness (QED) is 0.692. The molecule has 1 saturated carbocycles. The minimum absolute atomic E-state index is 0.00251. The zero-order chi connectivity index (χ0) is 21.5. The number of hydrogen-bond donors (Lipinski definition) is 2. The maximum atomic E-state index is 13.6. The molecule has 5 rings (SSSR count). The first kappa shape index (κ1) is 21.4. The first-order chi connectivity index (χ1) is 14.3. The highest BCUT2D eigenvalue weighted by molar-refractivity contribution is 5.97. The van der Waals surface area contributed by atoms with Crippen molar-refractivity contribution in [2.75, 3.05) is 19.6 Å². The number of amides is 2. The number of carbonyl (C=O) groups is 2. The van der Waals surface area contributed by atoms with E-state index in [0.717, 1.165) is 32.4 Å². The Morgan fingerprint density at radius 3 is 2.60 bits per heavy atom. The van der Waals surface area contributed by atoms with E-state index in [1.165, 1.54) is 5.56 Å². The highest BCUT2D eigenvalue weighted by atomic mass is 16.2. The maximum Gasteiger partial charge on any atom is 0.247 e. The Kier molecular flexibility index (Phi) is 5.93. The molecule has 5 atom stereocenters. The largest absolute Gasteiger partial charge is 0.354 e. The predicted octanol–water partition coefficient (Wildman–Crippen LogP) is 2.85. The molecular weight excluding hydrogens is 374 g/mol. The molecule has 3 aliphatic heterocycles. The standard InChI is InChI=1S/C25H37N3O2/c1-16(2)10-11-26-24(30)25-19-13-21(23(29)27-25)20(12-18-8-6-5-7-9-18)22(25)28(15-19)14-17(3)4/h5-9,16-17,19-22H,10-15H2,1-4H3,(H,26,30)(H,27,29)/t19-,20+,21+,22-,25-/m0/s1. The summed E-state index contributed by atoms with van der Waals surface area (Å²) in [5.74, 6) is 1.56. The van der Waals surface area contributed by atoms with Crippen molar-refractivity contribution in [2.24, 2.45) is 29.6 Å². The van der Waals surface area contributed by atoms with Crippen molar-refractivity contribution in [2.45, 2.75) is 58.5 Å². The Balaban J connectivity index is 1.67. The fourth-order valence-corrected chi connectivity index (χ4v) is 6.21. The molecule has 0 radical (unpaired) electrons. The second-order valence-corrected chi connectivity index (χ2v) is 10.5. The molecule has 0 unspecified atom stereocenters.